The number of hydrogen-bond donors (Lipinski definition) is 2. The number of rotatable bonds is 5. The van der Waals surface area contributed by atoms with Crippen LogP contribution in [0.15, 0.2) is 47.9 Å². The van der Waals surface area contributed by atoms with Crippen molar-refractivity contribution in [2.45, 2.75) is 24.4 Å². The lowest BCUT2D eigenvalue weighted by Gasteiger charge is -2.14. The summed E-state index contributed by atoms with van der Waals surface area (Å²) in [5.74, 6) is 0.0328. The maximum atomic E-state index is 12.1. The van der Waals surface area contributed by atoms with E-state index in [4.69, 9.17) is 5.11 Å². The highest BCUT2D eigenvalue weighted by Gasteiger charge is 2.17. The zero-order chi connectivity index (χ0) is 13.9. The Morgan fingerprint density at radius 2 is 2.05 bits per heavy atom. The van der Waals surface area contributed by atoms with E-state index in [-0.39, 0.29) is 16.7 Å². The summed E-state index contributed by atoms with van der Waals surface area (Å²) in [5.41, 5.74) is 0. The molecule has 7 heteroatoms. The summed E-state index contributed by atoms with van der Waals surface area (Å²) in [4.78, 5) is 4.03. The zero-order valence-electron chi connectivity index (χ0n) is 10.4. The molecule has 0 spiro atoms. The highest BCUT2D eigenvalue weighted by Crippen LogP contribution is 2.14. The molecule has 1 aromatic carbocycles. The highest BCUT2D eigenvalue weighted by molar-refractivity contribution is 7.89. The molecule has 1 atom stereocenters. The van der Waals surface area contributed by atoms with Crippen LogP contribution in [-0.2, 0) is 16.6 Å². The fourth-order valence-corrected chi connectivity index (χ4v) is 2.94. The Kier molecular flexibility index (Phi) is 3.87. The van der Waals surface area contributed by atoms with Gasteiger partial charge in [-0.25, -0.2) is 18.1 Å². The average Bonchev–Trinajstić information content (AvgIpc) is 2.81. The number of aromatic hydroxyl groups is 1. The van der Waals surface area contributed by atoms with Gasteiger partial charge in [0.1, 0.15) is 5.75 Å². The Morgan fingerprint density at radius 3 is 2.63 bits per heavy atom. The largest absolute Gasteiger partial charge is 0.508 e. The van der Waals surface area contributed by atoms with Gasteiger partial charge in [-0.3, -0.25) is 0 Å². The van der Waals surface area contributed by atoms with Crippen LogP contribution in [0.4, 0.5) is 0 Å². The van der Waals surface area contributed by atoms with Gasteiger partial charge in [0.2, 0.25) is 10.0 Å². The van der Waals surface area contributed by atoms with Crippen LogP contribution >= 0.6 is 0 Å². The van der Waals surface area contributed by atoms with Crippen molar-refractivity contribution in [1.29, 1.82) is 0 Å². The third-order valence-electron chi connectivity index (χ3n) is 2.55. The summed E-state index contributed by atoms with van der Waals surface area (Å²) in [6, 6.07) is 5.14. The monoisotopic (exact) mass is 281 g/mol. The number of imidazole rings is 1. The fraction of sp³-hybridized carbons (Fsp3) is 0.250. The Bertz CT molecular complexity index is 621. The summed E-state index contributed by atoms with van der Waals surface area (Å²) >= 11 is 0. The van der Waals surface area contributed by atoms with Gasteiger partial charge in [-0.1, -0.05) is 0 Å². The first kappa shape index (κ1) is 13.6. The summed E-state index contributed by atoms with van der Waals surface area (Å²) in [6.45, 7) is 2.27. The third-order valence-corrected chi connectivity index (χ3v) is 4.15. The van der Waals surface area contributed by atoms with Crippen LogP contribution in [0.2, 0.25) is 0 Å². The predicted molar refractivity (Wildman–Crippen MR) is 70.1 cm³/mol. The van der Waals surface area contributed by atoms with Crippen LogP contribution in [0.5, 0.6) is 5.75 Å². The lowest BCUT2D eigenvalue weighted by Crippen LogP contribution is -2.35. The number of aromatic nitrogens is 2. The molecular weight excluding hydrogens is 266 g/mol. The Morgan fingerprint density at radius 1 is 1.37 bits per heavy atom. The summed E-state index contributed by atoms with van der Waals surface area (Å²) in [7, 11) is -3.57. The lowest BCUT2D eigenvalue weighted by molar-refractivity contribution is 0.474. The molecule has 0 bridgehead atoms. The van der Waals surface area contributed by atoms with E-state index in [1.54, 1.807) is 30.2 Å². The second-order valence-electron chi connectivity index (χ2n) is 4.28. The van der Waals surface area contributed by atoms with E-state index in [2.05, 4.69) is 9.71 Å². The second kappa shape index (κ2) is 5.41. The maximum absolute atomic E-state index is 12.1. The Balaban J connectivity index is 2.06. The van der Waals surface area contributed by atoms with Crippen molar-refractivity contribution in [3.8, 4) is 5.75 Å². The second-order valence-corrected chi connectivity index (χ2v) is 5.99. The van der Waals surface area contributed by atoms with Crippen LogP contribution in [0.25, 0.3) is 0 Å². The topological polar surface area (TPSA) is 84.2 Å². The summed E-state index contributed by atoms with van der Waals surface area (Å²) in [5, 5.41) is 9.15. The van der Waals surface area contributed by atoms with E-state index in [9.17, 15) is 8.42 Å². The van der Waals surface area contributed by atoms with Crippen LogP contribution < -0.4 is 4.72 Å². The maximum Gasteiger partial charge on any atom is 0.240 e. The predicted octanol–water partition coefficient (Wildman–Crippen LogP) is 0.956. The third kappa shape index (κ3) is 3.55. The smallest absolute Gasteiger partial charge is 0.240 e. The van der Waals surface area contributed by atoms with Gasteiger partial charge in [-0.15, -0.1) is 0 Å². The molecule has 1 unspecified atom stereocenters. The minimum atomic E-state index is -3.57. The Hall–Kier alpha value is -1.86. The first-order valence-corrected chi connectivity index (χ1v) is 7.23. The molecule has 6 nitrogen and oxygen atoms in total. The molecule has 102 valence electrons. The molecular formula is C12H15N3O3S. The first-order chi connectivity index (χ1) is 8.97. The zero-order valence-corrected chi connectivity index (χ0v) is 11.2. The number of sulfonamides is 1. The Labute approximate surface area is 111 Å². The number of phenolic OH excluding ortho intramolecular Hbond substituents is 1. The fourth-order valence-electron chi connectivity index (χ4n) is 1.71. The van der Waals surface area contributed by atoms with E-state index in [1.165, 1.54) is 24.3 Å². The molecule has 1 heterocycles. The number of nitrogens with zero attached hydrogens (tertiary/aromatic N) is 2. The van der Waals surface area contributed by atoms with Crippen LogP contribution in [-0.4, -0.2) is 29.1 Å². The van der Waals surface area contributed by atoms with Crippen molar-refractivity contribution < 1.29 is 13.5 Å². The van der Waals surface area contributed by atoms with Gasteiger partial charge < -0.3 is 9.67 Å². The quantitative estimate of drug-likeness (QED) is 0.855. The molecule has 19 heavy (non-hydrogen) atoms. The normalized spacial score (nSPS) is 13.3. The van der Waals surface area contributed by atoms with Crippen LogP contribution in [0.1, 0.15) is 6.92 Å². The van der Waals surface area contributed by atoms with Crippen molar-refractivity contribution in [1.82, 2.24) is 14.3 Å². The standard InChI is InChI=1S/C12H15N3O3S/c1-10(8-15-7-6-13-9-15)14-19(17,18)12-4-2-11(16)3-5-12/h2-7,9-10,14,16H,8H2,1H3. The molecule has 0 saturated heterocycles. The first-order valence-electron chi connectivity index (χ1n) is 5.74. The van der Waals surface area contributed by atoms with Crippen molar-refractivity contribution in [2.75, 3.05) is 0 Å². The molecule has 0 aliphatic rings. The van der Waals surface area contributed by atoms with Gasteiger partial charge in [-0.05, 0) is 31.2 Å². The van der Waals surface area contributed by atoms with Gasteiger partial charge in [0, 0.05) is 25.0 Å². The molecule has 2 N–H and O–H groups in total. The SMILES string of the molecule is CC(Cn1ccnc1)NS(=O)(=O)c1ccc(O)cc1. The van der Waals surface area contributed by atoms with Crippen molar-refractivity contribution in [3.05, 3.63) is 43.0 Å². The number of hydrogen-bond acceptors (Lipinski definition) is 4. The number of nitrogens with one attached hydrogen (secondary N) is 1. The van der Waals surface area contributed by atoms with Gasteiger partial charge in [0.25, 0.3) is 0 Å². The molecule has 0 amide bonds. The van der Waals surface area contributed by atoms with Crippen LogP contribution in [0.3, 0.4) is 0 Å². The molecule has 2 rings (SSSR count). The molecule has 1 aromatic heterocycles. The van der Waals surface area contributed by atoms with Gasteiger partial charge in [0.05, 0.1) is 11.2 Å². The molecule has 0 radical (unpaired) electrons. The van der Waals surface area contributed by atoms with Crippen molar-refractivity contribution in [2.24, 2.45) is 0 Å². The molecule has 0 aliphatic heterocycles. The van der Waals surface area contributed by atoms with Crippen LogP contribution in [0, 0.1) is 0 Å². The van der Waals surface area contributed by atoms with E-state index < -0.39 is 10.0 Å². The van der Waals surface area contributed by atoms with E-state index in [0.29, 0.717) is 6.54 Å². The average molecular weight is 281 g/mol. The van der Waals surface area contributed by atoms with E-state index in [1.807, 2.05) is 0 Å². The minimum Gasteiger partial charge on any atom is -0.508 e. The highest BCUT2D eigenvalue weighted by atomic mass is 32.2. The molecule has 2 aromatic rings. The molecule has 0 fully saturated rings. The van der Waals surface area contributed by atoms with Gasteiger partial charge in [-0.2, -0.15) is 0 Å². The molecule has 0 saturated carbocycles. The van der Waals surface area contributed by atoms with Gasteiger partial charge in [0.15, 0.2) is 0 Å². The van der Waals surface area contributed by atoms with Crippen molar-refractivity contribution >= 4 is 10.0 Å². The summed E-state index contributed by atoms with van der Waals surface area (Å²) < 4.78 is 28.5. The number of benzene rings is 1. The van der Waals surface area contributed by atoms with Crippen molar-refractivity contribution in [3.63, 3.8) is 0 Å². The van der Waals surface area contributed by atoms with E-state index in [0.717, 1.165) is 0 Å². The van der Waals surface area contributed by atoms with Gasteiger partial charge >= 0.3 is 0 Å². The molecule has 0 aliphatic carbocycles. The minimum absolute atomic E-state index is 0.0328. The number of phenols is 1. The summed E-state index contributed by atoms with van der Waals surface area (Å²) in [6.07, 6.45) is 5.04. The lowest BCUT2D eigenvalue weighted by atomic mass is 10.3. The van der Waals surface area contributed by atoms with E-state index >= 15 is 0 Å².